The molecule has 102 valence electrons. The van der Waals surface area contributed by atoms with Crippen molar-refractivity contribution in [2.45, 2.75) is 19.3 Å². The largest absolute Gasteiger partial charge is 0.494 e. The van der Waals surface area contributed by atoms with Crippen LogP contribution in [0.25, 0.3) is 0 Å². The molecule has 0 saturated carbocycles. The standard InChI is InChI=1S/C14H21NO2.ClH/c16-12-14(6-9-15-10-7-14)8-11-17-13-4-2-1-3-5-13;/h1-5,15-16H,6-12H2;1H. The summed E-state index contributed by atoms with van der Waals surface area (Å²) in [4.78, 5) is 0. The van der Waals surface area contributed by atoms with Gasteiger partial charge in [0.05, 0.1) is 6.61 Å². The van der Waals surface area contributed by atoms with Gasteiger partial charge in [-0.2, -0.15) is 0 Å². The van der Waals surface area contributed by atoms with Crippen LogP contribution in [0.4, 0.5) is 0 Å². The number of para-hydroxylation sites is 1. The first kappa shape index (κ1) is 15.3. The third kappa shape index (κ3) is 4.16. The molecule has 3 nitrogen and oxygen atoms in total. The van der Waals surface area contributed by atoms with Gasteiger partial charge in [-0.15, -0.1) is 12.4 Å². The van der Waals surface area contributed by atoms with Crippen LogP contribution < -0.4 is 10.1 Å². The summed E-state index contributed by atoms with van der Waals surface area (Å²) < 4.78 is 5.70. The lowest BCUT2D eigenvalue weighted by molar-refractivity contribution is 0.0648. The summed E-state index contributed by atoms with van der Waals surface area (Å²) in [5.41, 5.74) is 0.0695. The van der Waals surface area contributed by atoms with E-state index >= 15 is 0 Å². The Kier molecular flexibility index (Phi) is 6.47. The Bertz CT molecular complexity index is 326. The van der Waals surface area contributed by atoms with E-state index in [1.807, 2.05) is 30.3 Å². The second-order valence-corrected chi connectivity index (χ2v) is 4.82. The molecule has 0 amide bonds. The van der Waals surface area contributed by atoms with Gasteiger partial charge >= 0.3 is 0 Å². The Morgan fingerprint density at radius 3 is 2.44 bits per heavy atom. The van der Waals surface area contributed by atoms with Gasteiger partial charge < -0.3 is 15.2 Å². The van der Waals surface area contributed by atoms with Crippen molar-refractivity contribution in [2.75, 3.05) is 26.3 Å². The monoisotopic (exact) mass is 271 g/mol. The van der Waals surface area contributed by atoms with E-state index in [9.17, 15) is 5.11 Å². The Morgan fingerprint density at radius 2 is 1.83 bits per heavy atom. The van der Waals surface area contributed by atoms with E-state index in [-0.39, 0.29) is 24.4 Å². The van der Waals surface area contributed by atoms with Crippen LogP contribution in [0.3, 0.4) is 0 Å². The van der Waals surface area contributed by atoms with E-state index in [4.69, 9.17) is 4.74 Å². The van der Waals surface area contributed by atoms with E-state index < -0.39 is 0 Å². The summed E-state index contributed by atoms with van der Waals surface area (Å²) in [6.45, 7) is 2.97. The molecule has 1 fully saturated rings. The summed E-state index contributed by atoms with van der Waals surface area (Å²) >= 11 is 0. The van der Waals surface area contributed by atoms with Crippen molar-refractivity contribution in [1.82, 2.24) is 5.32 Å². The van der Waals surface area contributed by atoms with Crippen molar-refractivity contribution in [1.29, 1.82) is 0 Å². The molecule has 1 aliphatic heterocycles. The highest BCUT2D eigenvalue weighted by Crippen LogP contribution is 2.32. The maximum absolute atomic E-state index is 9.56. The molecule has 0 bridgehead atoms. The van der Waals surface area contributed by atoms with Gasteiger partial charge in [0.25, 0.3) is 0 Å². The lowest BCUT2D eigenvalue weighted by Crippen LogP contribution is -2.40. The van der Waals surface area contributed by atoms with E-state index in [0.717, 1.165) is 38.1 Å². The van der Waals surface area contributed by atoms with E-state index in [2.05, 4.69) is 5.32 Å². The summed E-state index contributed by atoms with van der Waals surface area (Å²) in [5, 5.41) is 12.9. The number of hydrogen-bond acceptors (Lipinski definition) is 3. The molecule has 1 saturated heterocycles. The Labute approximate surface area is 115 Å². The predicted molar refractivity (Wildman–Crippen MR) is 75.4 cm³/mol. The number of halogens is 1. The van der Waals surface area contributed by atoms with Crippen LogP contribution in [0.2, 0.25) is 0 Å². The first-order valence-corrected chi connectivity index (χ1v) is 6.34. The minimum absolute atomic E-state index is 0. The molecular weight excluding hydrogens is 250 g/mol. The van der Waals surface area contributed by atoms with Crippen LogP contribution in [-0.4, -0.2) is 31.4 Å². The molecule has 1 aromatic rings. The molecular formula is C14H22ClNO2. The minimum Gasteiger partial charge on any atom is -0.494 e. The molecule has 0 aromatic heterocycles. The molecule has 4 heteroatoms. The van der Waals surface area contributed by atoms with Gasteiger partial charge in [-0.1, -0.05) is 18.2 Å². The highest BCUT2D eigenvalue weighted by Gasteiger charge is 2.30. The quantitative estimate of drug-likeness (QED) is 0.863. The predicted octanol–water partition coefficient (Wildman–Crippen LogP) is 2.24. The third-order valence-corrected chi connectivity index (χ3v) is 3.64. The Balaban J connectivity index is 0.00000162. The van der Waals surface area contributed by atoms with Crippen molar-refractivity contribution in [3.63, 3.8) is 0 Å². The zero-order chi connectivity index (χ0) is 12.0. The fraction of sp³-hybridized carbons (Fsp3) is 0.571. The SMILES string of the molecule is Cl.OCC1(CCOc2ccccc2)CCNCC1. The van der Waals surface area contributed by atoms with Crippen molar-refractivity contribution >= 4 is 12.4 Å². The second kappa shape index (κ2) is 7.62. The van der Waals surface area contributed by atoms with Crippen LogP contribution in [0, 0.1) is 5.41 Å². The van der Waals surface area contributed by atoms with Crippen molar-refractivity contribution in [2.24, 2.45) is 5.41 Å². The summed E-state index contributed by atoms with van der Waals surface area (Å²) in [6, 6.07) is 9.86. The minimum atomic E-state index is 0. The average molecular weight is 272 g/mol. The number of nitrogens with one attached hydrogen (secondary N) is 1. The highest BCUT2D eigenvalue weighted by atomic mass is 35.5. The first-order valence-electron chi connectivity index (χ1n) is 6.34. The smallest absolute Gasteiger partial charge is 0.119 e. The second-order valence-electron chi connectivity index (χ2n) is 4.82. The number of piperidine rings is 1. The van der Waals surface area contributed by atoms with E-state index in [0.29, 0.717) is 6.61 Å². The molecule has 0 atom stereocenters. The average Bonchev–Trinajstić information content (AvgIpc) is 2.41. The summed E-state index contributed by atoms with van der Waals surface area (Å²) in [5.74, 6) is 0.912. The first-order chi connectivity index (χ1) is 8.35. The number of ether oxygens (including phenoxy) is 1. The molecule has 0 aliphatic carbocycles. The van der Waals surface area contributed by atoms with Gasteiger partial charge in [0.2, 0.25) is 0 Å². The number of aliphatic hydroxyl groups is 1. The van der Waals surface area contributed by atoms with E-state index in [1.165, 1.54) is 0 Å². The topological polar surface area (TPSA) is 41.5 Å². The molecule has 0 unspecified atom stereocenters. The lowest BCUT2D eigenvalue weighted by atomic mass is 9.77. The van der Waals surface area contributed by atoms with Crippen LogP contribution in [-0.2, 0) is 0 Å². The van der Waals surface area contributed by atoms with Crippen molar-refractivity contribution < 1.29 is 9.84 Å². The van der Waals surface area contributed by atoms with Gasteiger partial charge in [0, 0.05) is 6.61 Å². The number of hydrogen-bond donors (Lipinski definition) is 2. The fourth-order valence-electron chi connectivity index (χ4n) is 2.35. The van der Waals surface area contributed by atoms with Crippen molar-refractivity contribution in [3.05, 3.63) is 30.3 Å². The van der Waals surface area contributed by atoms with Crippen LogP contribution in [0.5, 0.6) is 5.75 Å². The van der Waals surface area contributed by atoms with Gasteiger partial charge in [-0.05, 0) is 49.9 Å². The zero-order valence-corrected chi connectivity index (χ0v) is 11.4. The molecule has 18 heavy (non-hydrogen) atoms. The summed E-state index contributed by atoms with van der Waals surface area (Å²) in [6.07, 6.45) is 3.02. The van der Waals surface area contributed by atoms with E-state index in [1.54, 1.807) is 0 Å². The maximum Gasteiger partial charge on any atom is 0.119 e. The lowest BCUT2D eigenvalue weighted by Gasteiger charge is -2.35. The maximum atomic E-state index is 9.56. The molecule has 0 spiro atoms. The molecule has 1 aromatic carbocycles. The Morgan fingerprint density at radius 1 is 1.17 bits per heavy atom. The summed E-state index contributed by atoms with van der Waals surface area (Å²) in [7, 11) is 0. The van der Waals surface area contributed by atoms with Gasteiger partial charge in [-0.25, -0.2) is 0 Å². The normalized spacial score (nSPS) is 17.8. The number of rotatable bonds is 5. The van der Waals surface area contributed by atoms with Crippen LogP contribution >= 0.6 is 12.4 Å². The third-order valence-electron chi connectivity index (χ3n) is 3.64. The molecule has 2 rings (SSSR count). The van der Waals surface area contributed by atoms with Crippen LogP contribution in [0.1, 0.15) is 19.3 Å². The van der Waals surface area contributed by atoms with Crippen LogP contribution in [0.15, 0.2) is 30.3 Å². The van der Waals surface area contributed by atoms with Crippen molar-refractivity contribution in [3.8, 4) is 5.75 Å². The van der Waals surface area contributed by atoms with Gasteiger partial charge in [0.15, 0.2) is 0 Å². The molecule has 1 heterocycles. The van der Waals surface area contributed by atoms with Gasteiger partial charge in [-0.3, -0.25) is 0 Å². The van der Waals surface area contributed by atoms with Gasteiger partial charge in [0.1, 0.15) is 5.75 Å². The molecule has 0 radical (unpaired) electrons. The highest BCUT2D eigenvalue weighted by molar-refractivity contribution is 5.85. The zero-order valence-electron chi connectivity index (χ0n) is 10.6. The number of benzene rings is 1. The molecule has 1 aliphatic rings. The Hall–Kier alpha value is -0.770. The molecule has 2 N–H and O–H groups in total. The number of aliphatic hydroxyl groups excluding tert-OH is 1. The fourth-order valence-corrected chi connectivity index (χ4v) is 2.35.